The standard InChI is InChI=1S/C24H29N3O4/c1-26-19-15-17(8-9-18(19)24(29)27-13-5-4-6-22(26)27)23(28)25-12-11-16-7-10-20(30-2)21(14-16)31-3/h7-10,14-15,22H,4-6,11-13H2,1-3H3,(H,25,28)/t22-/m1/s1. The van der Waals surface area contributed by atoms with Crippen LogP contribution < -0.4 is 19.7 Å². The summed E-state index contributed by atoms with van der Waals surface area (Å²) < 4.78 is 10.6. The second kappa shape index (κ2) is 8.88. The van der Waals surface area contributed by atoms with Crippen molar-refractivity contribution in [2.24, 2.45) is 0 Å². The third kappa shape index (κ3) is 4.04. The summed E-state index contributed by atoms with van der Waals surface area (Å²) in [5, 5.41) is 2.98. The highest BCUT2D eigenvalue weighted by Crippen LogP contribution is 2.34. The minimum atomic E-state index is -0.143. The molecule has 7 nitrogen and oxygen atoms in total. The maximum Gasteiger partial charge on any atom is 0.257 e. The van der Waals surface area contributed by atoms with Gasteiger partial charge in [0, 0.05) is 25.7 Å². The molecule has 0 unspecified atom stereocenters. The van der Waals surface area contributed by atoms with E-state index in [9.17, 15) is 9.59 Å². The van der Waals surface area contributed by atoms with E-state index in [-0.39, 0.29) is 18.0 Å². The van der Waals surface area contributed by atoms with Crippen LogP contribution in [0.1, 0.15) is 45.5 Å². The summed E-state index contributed by atoms with van der Waals surface area (Å²) in [6.45, 7) is 1.29. The number of ether oxygens (including phenoxy) is 2. The lowest BCUT2D eigenvalue weighted by Gasteiger charge is -2.46. The molecule has 1 fully saturated rings. The van der Waals surface area contributed by atoms with Crippen LogP contribution in [0, 0.1) is 0 Å². The van der Waals surface area contributed by atoms with Crippen LogP contribution in [0.15, 0.2) is 36.4 Å². The fourth-order valence-electron chi connectivity index (χ4n) is 4.47. The van der Waals surface area contributed by atoms with Crippen molar-refractivity contribution in [3.63, 3.8) is 0 Å². The highest BCUT2D eigenvalue weighted by Gasteiger charge is 2.37. The van der Waals surface area contributed by atoms with Crippen molar-refractivity contribution in [2.45, 2.75) is 31.8 Å². The molecule has 0 saturated carbocycles. The van der Waals surface area contributed by atoms with Crippen LogP contribution in [0.5, 0.6) is 11.5 Å². The van der Waals surface area contributed by atoms with Crippen LogP contribution in [0.4, 0.5) is 5.69 Å². The number of hydrogen-bond acceptors (Lipinski definition) is 5. The van der Waals surface area contributed by atoms with Crippen LogP contribution in [-0.2, 0) is 6.42 Å². The van der Waals surface area contributed by atoms with Gasteiger partial charge >= 0.3 is 0 Å². The first-order valence-corrected chi connectivity index (χ1v) is 10.7. The molecular formula is C24H29N3O4. The number of amides is 2. The van der Waals surface area contributed by atoms with E-state index < -0.39 is 0 Å². The van der Waals surface area contributed by atoms with E-state index in [1.165, 1.54) is 0 Å². The van der Waals surface area contributed by atoms with Gasteiger partial charge in [0.05, 0.1) is 25.5 Å². The first-order valence-electron chi connectivity index (χ1n) is 10.7. The Morgan fingerprint density at radius 3 is 2.68 bits per heavy atom. The van der Waals surface area contributed by atoms with Crippen LogP contribution in [0.25, 0.3) is 0 Å². The second-order valence-electron chi connectivity index (χ2n) is 8.01. The number of nitrogens with zero attached hydrogens (tertiary/aromatic N) is 2. The van der Waals surface area contributed by atoms with Crippen LogP contribution in [0.3, 0.4) is 0 Å². The van der Waals surface area contributed by atoms with Crippen molar-refractivity contribution in [3.05, 3.63) is 53.1 Å². The number of anilines is 1. The zero-order valence-corrected chi connectivity index (χ0v) is 18.3. The van der Waals surface area contributed by atoms with E-state index in [0.717, 1.165) is 37.1 Å². The van der Waals surface area contributed by atoms with E-state index in [1.54, 1.807) is 26.4 Å². The molecule has 2 aliphatic heterocycles. The van der Waals surface area contributed by atoms with Crippen molar-refractivity contribution in [2.75, 3.05) is 39.3 Å². The second-order valence-corrected chi connectivity index (χ2v) is 8.01. The van der Waals surface area contributed by atoms with Gasteiger partial charge in [-0.1, -0.05) is 6.07 Å². The Balaban J connectivity index is 1.43. The van der Waals surface area contributed by atoms with Gasteiger partial charge in [-0.25, -0.2) is 0 Å². The molecule has 0 aliphatic carbocycles. The SMILES string of the molecule is COc1ccc(CCNC(=O)c2ccc3c(c2)N(C)[C@H]2CCCCN2C3=O)cc1OC. The van der Waals surface area contributed by atoms with Crippen LogP contribution in [-0.4, -0.2) is 57.2 Å². The molecule has 2 amide bonds. The summed E-state index contributed by atoms with van der Waals surface area (Å²) in [4.78, 5) is 29.7. The monoisotopic (exact) mass is 423 g/mol. The number of benzene rings is 2. The molecule has 0 bridgehead atoms. The third-order valence-corrected chi connectivity index (χ3v) is 6.20. The minimum Gasteiger partial charge on any atom is -0.493 e. The van der Waals surface area contributed by atoms with Gasteiger partial charge in [0.15, 0.2) is 11.5 Å². The van der Waals surface area contributed by atoms with Crippen molar-refractivity contribution in [1.29, 1.82) is 0 Å². The van der Waals surface area contributed by atoms with E-state index in [0.29, 0.717) is 35.6 Å². The first kappa shape index (κ1) is 21.0. The summed E-state index contributed by atoms with van der Waals surface area (Å²) in [5.74, 6) is 1.28. The maximum atomic E-state index is 12.9. The van der Waals surface area contributed by atoms with E-state index in [4.69, 9.17) is 9.47 Å². The number of rotatable bonds is 6. The topological polar surface area (TPSA) is 71.1 Å². The van der Waals surface area contributed by atoms with Crippen molar-refractivity contribution < 1.29 is 19.1 Å². The molecule has 2 aliphatic rings. The molecule has 2 aromatic carbocycles. The number of fused-ring (bicyclic) bond motifs is 2. The molecule has 2 aromatic rings. The van der Waals surface area contributed by atoms with Gasteiger partial charge in [0.25, 0.3) is 11.8 Å². The van der Waals surface area contributed by atoms with Gasteiger partial charge in [0.1, 0.15) is 6.17 Å². The summed E-state index contributed by atoms with van der Waals surface area (Å²) >= 11 is 0. The highest BCUT2D eigenvalue weighted by atomic mass is 16.5. The van der Waals surface area contributed by atoms with Crippen LogP contribution in [0.2, 0.25) is 0 Å². The maximum absolute atomic E-state index is 12.9. The molecule has 0 aromatic heterocycles. The third-order valence-electron chi connectivity index (χ3n) is 6.20. The lowest BCUT2D eigenvalue weighted by Crippen LogP contribution is -2.55. The Morgan fingerprint density at radius 1 is 1.10 bits per heavy atom. The molecule has 164 valence electrons. The molecule has 31 heavy (non-hydrogen) atoms. The summed E-state index contributed by atoms with van der Waals surface area (Å²) in [5.41, 5.74) is 3.12. The average Bonchev–Trinajstić information content (AvgIpc) is 2.82. The Morgan fingerprint density at radius 2 is 1.90 bits per heavy atom. The molecule has 1 atom stereocenters. The smallest absolute Gasteiger partial charge is 0.257 e. The molecule has 0 radical (unpaired) electrons. The molecule has 0 spiro atoms. The molecule has 1 N–H and O–H groups in total. The van der Waals surface area contributed by atoms with Gasteiger partial charge in [-0.3, -0.25) is 9.59 Å². The quantitative estimate of drug-likeness (QED) is 0.773. The number of nitrogens with one attached hydrogen (secondary N) is 1. The Hall–Kier alpha value is -3.22. The number of methoxy groups -OCH3 is 2. The van der Waals surface area contributed by atoms with E-state index >= 15 is 0 Å². The Labute approximate surface area is 182 Å². The molecular weight excluding hydrogens is 394 g/mol. The van der Waals surface area contributed by atoms with Gasteiger partial charge in [-0.2, -0.15) is 0 Å². The summed E-state index contributed by atoms with van der Waals surface area (Å²) in [7, 11) is 5.22. The molecule has 2 heterocycles. The lowest BCUT2D eigenvalue weighted by atomic mass is 9.97. The zero-order chi connectivity index (χ0) is 22.0. The average molecular weight is 424 g/mol. The largest absolute Gasteiger partial charge is 0.493 e. The minimum absolute atomic E-state index is 0.0678. The molecule has 4 rings (SSSR count). The van der Waals surface area contributed by atoms with Gasteiger partial charge < -0.3 is 24.6 Å². The fraction of sp³-hybridized carbons (Fsp3) is 0.417. The number of carbonyl (C=O) groups excluding carboxylic acids is 2. The number of piperidine rings is 1. The van der Waals surface area contributed by atoms with Gasteiger partial charge in [-0.15, -0.1) is 0 Å². The van der Waals surface area contributed by atoms with E-state index in [1.807, 2.05) is 36.2 Å². The lowest BCUT2D eigenvalue weighted by molar-refractivity contribution is 0.0589. The van der Waals surface area contributed by atoms with Gasteiger partial charge in [0.2, 0.25) is 0 Å². The van der Waals surface area contributed by atoms with Crippen molar-refractivity contribution in [1.82, 2.24) is 10.2 Å². The zero-order valence-electron chi connectivity index (χ0n) is 18.3. The van der Waals surface area contributed by atoms with E-state index in [2.05, 4.69) is 10.2 Å². The first-order chi connectivity index (χ1) is 15.0. The Bertz CT molecular complexity index is 991. The summed E-state index contributed by atoms with van der Waals surface area (Å²) in [6, 6.07) is 11.1. The van der Waals surface area contributed by atoms with Crippen LogP contribution >= 0.6 is 0 Å². The predicted octanol–water partition coefficient (Wildman–Crippen LogP) is 3.08. The molecule has 1 saturated heterocycles. The number of carbonyl (C=O) groups is 2. The molecule has 7 heteroatoms. The normalized spacial score (nSPS) is 17.6. The van der Waals surface area contributed by atoms with Crippen molar-refractivity contribution in [3.8, 4) is 11.5 Å². The number of hydrogen-bond donors (Lipinski definition) is 1. The Kier molecular flexibility index (Phi) is 6.02. The fourth-order valence-corrected chi connectivity index (χ4v) is 4.47. The predicted molar refractivity (Wildman–Crippen MR) is 119 cm³/mol. The van der Waals surface area contributed by atoms with Crippen molar-refractivity contribution >= 4 is 17.5 Å². The van der Waals surface area contributed by atoms with Gasteiger partial charge in [-0.05, 0) is 61.6 Å². The summed E-state index contributed by atoms with van der Waals surface area (Å²) in [6.07, 6.45) is 3.88. The highest BCUT2D eigenvalue weighted by molar-refractivity contribution is 6.04.